The lowest BCUT2D eigenvalue weighted by Crippen LogP contribution is -2.38. The molecule has 3 rings (SSSR count). The Hall–Kier alpha value is -3.68. The maximum absolute atomic E-state index is 12.9. The molecule has 2 aromatic carbocycles. The second kappa shape index (κ2) is 9.21. The minimum Gasteiger partial charge on any atom is -0.497 e. The van der Waals surface area contributed by atoms with Gasteiger partial charge in [0.05, 0.1) is 12.8 Å². The first-order chi connectivity index (χ1) is 14.4. The molecule has 0 atom stereocenters. The lowest BCUT2D eigenvalue weighted by molar-refractivity contribution is -0.121. The van der Waals surface area contributed by atoms with E-state index in [1.165, 1.54) is 11.0 Å². The molecule has 0 aliphatic carbocycles. The molecule has 1 saturated heterocycles. The van der Waals surface area contributed by atoms with Gasteiger partial charge < -0.3 is 15.0 Å². The Morgan fingerprint density at radius 1 is 1.07 bits per heavy atom. The van der Waals surface area contributed by atoms with Gasteiger partial charge in [-0.05, 0) is 49.4 Å². The van der Waals surface area contributed by atoms with Crippen LogP contribution in [-0.4, -0.2) is 48.7 Å². The predicted octanol–water partition coefficient (Wildman–Crippen LogP) is 2.45. The third-order valence-electron chi connectivity index (χ3n) is 4.78. The minimum absolute atomic E-state index is 0.132. The van der Waals surface area contributed by atoms with Crippen molar-refractivity contribution >= 4 is 35.0 Å². The highest BCUT2D eigenvalue weighted by Gasteiger charge is 2.30. The number of carbonyl (C=O) groups excluding carboxylic acids is 4. The maximum Gasteiger partial charge on any atom is 0.254 e. The molecule has 1 heterocycles. The highest BCUT2D eigenvalue weighted by Crippen LogP contribution is 2.24. The average Bonchev–Trinajstić information content (AvgIpc) is 3.10. The van der Waals surface area contributed by atoms with Gasteiger partial charge in [-0.1, -0.05) is 6.07 Å². The Kier molecular flexibility index (Phi) is 6.46. The molecular weight excluding hydrogens is 386 g/mol. The fraction of sp³-hybridized carbons (Fsp3) is 0.273. The van der Waals surface area contributed by atoms with Gasteiger partial charge in [-0.2, -0.15) is 0 Å². The van der Waals surface area contributed by atoms with Crippen LogP contribution < -0.4 is 15.0 Å². The summed E-state index contributed by atoms with van der Waals surface area (Å²) < 4.78 is 5.09. The second-order valence-electron chi connectivity index (χ2n) is 6.77. The van der Waals surface area contributed by atoms with Crippen molar-refractivity contribution < 1.29 is 23.9 Å². The van der Waals surface area contributed by atoms with E-state index in [1.54, 1.807) is 56.5 Å². The van der Waals surface area contributed by atoms with E-state index >= 15 is 0 Å². The zero-order valence-corrected chi connectivity index (χ0v) is 16.9. The summed E-state index contributed by atoms with van der Waals surface area (Å²) in [7, 11) is 1.56. The van der Waals surface area contributed by atoms with E-state index in [0.29, 0.717) is 29.2 Å². The number of likely N-dealkylation sites (N-methyl/N-ethyl adjacent to an activating group) is 1. The van der Waals surface area contributed by atoms with Gasteiger partial charge in [0.15, 0.2) is 0 Å². The number of hydrogen-bond donors (Lipinski definition) is 1. The number of anilines is 2. The number of carbonyl (C=O) groups is 4. The van der Waals surface area contributed by atoms with Crippen molar-refractivity contribution in [1.29, 1.82) is 0 Å². The molecule has 0 saturated carbocycles. The first kappa shape index (κ1) is 21.0. The number of ether oxygens (including phenoxy) is 1. The maximum atomic E-state index is 12.9. The first-order valence-electron chi connectivity index (χ1n) is 9.62. The van der Waals surface area contributed by atoms with Gasteiger partial charge in [0.25, 0.3) is 5.91 Å². The monoisotopic (exact) mass is 409 g/mol. The number of nitrogens with one attached hydrogen (secondary N) is 1. The van der Waals surface area contributed by atoms with Crippen LogP contribution in [0.2, 0.25) is 0 Å². The molecule has 0 spiro atoms. The van der Waals surface area contributed by atoms with Crippen LogP contribution in [0.4, 0.5) is 11.4 Å². The average molecular weight is 409 g/mol. The van der Waals surface area contributed by atoms with Gasteiger partial charge in [0.2, 0.25) is 17.7 Å². The van der Waals surface area contributed by atoms with Gasteiger partial charge in [-0.3, -0.25) is 24.1 Å². The van der Waals surface area contributed by atoms with Crippen LogP contribution in [-0.2, 0) is 14.4 Å². The smallest absolute Gasteiger partial charge is 0.254 e. The van der Waals surface area contributed by atoms with Crippen LogP contribution in [0.3, 0.4) is 0 Å². The van der Waals surface area contributed by atoms with Crippen molar-refractivity contribution in [3.63, 3.8) is 0 Å². The van der Waals surface area contributed by atoms with E-state index in [0.717, 1.165) is 4.90 Å². The fourth-order valence-corrected chi connectivity index (χ4v) is 3.20. The summed E-state index contributed by atoms with van der Waals surface area (Å²) in [4.78, 5) is 51.7. The molecule has 0 radical (unpaired) electrons. The van der Waals surface area contributed by atoms with E-state index in [-0.39, 0.29) is 43.0 Å². The van der Waals surface area contributed by atoms with E-state index in [9.17, 15) is 19.2 Å². The van der Waals surface area contributed by atoms with Crippen LogP contribution in [0.1, 0.15) is 30.1 Å². The van der Waals surface area contributed by atoms with Gasteiger partial charge in [-0.25, -0.2) is 0 Å². The Labute approximate surface area is 174 Å². The van der Waals surface area contributed by atoms with Crippen molar-refractivity contribution in [2.24, 2.45) is 0 Å². The molecule has 156 valence electrons. The first-order valence-corrected chi connectivity index (χ1v) is 9.62. The normalized spacial score (nSPS) is 13.3. The third kappa shape index (κ3) is 4.65. The van der Waals surface area contributed by atoms with Crippen molar-refractivity contribution in [1.82, 2.24) is 4.90 Å². The minimum atomic E-state index is -0.358. The number of imide groups is 1. The Balaban J connectivity index is 1.69. The molecule has 1 N–H and O–H groups in total. The van der Waals surface area contributed by atoms with Gasteiger partial charge in [0.1, 0.15) is 12.3 Å². The van der Waals surface area contributed by atoms with Gasteiger partial charge in [-0.15, -0.1) is 0 Å². The van der Waals surface area contributed by atoms with Crippen LogP contribution >= 0.6 is 0 Å². The molecule has 8 heteroatoms. The Morgan fingerprint density at radius 3 is 2.33 bits per heavy atom. The number of nitrogens with zero attached hydrogens (tertiary/aromatic N) is 2. The number of amides is 4. The molecule has 8 nitrogen and oxygen atoms in total. The number of methoxy groups -OCH3 is 1. The molecule has 30 heavy (non-hydrogen) atoms. The van der Waals surface area contributed by atoms with Crippen molar-refractivity contribution in [3.8, 4) is 5.75 Å². The van der Waals surface area contributed by atoms with Crippen molar-refractivity contribution in [3.05, 3.63) is 54.1 Å². The van der Waals surface area contributed by atoms with Crippen molar-refractivity contribution in [2.45, 2.75) is 19.8 Å². The molecule has 0 aromatic heterocycles. The third-order valence-corrected chi connectivity index (χ3v) is 4.78. The topological polar surface area (TPSA) is 96.0 Å². The zero-order valence-electron chi connectivity index (χ0n) is 16.9. The SMILES string of the molecule is CCN(CC(=O)Nc1ccc(OC)cc1)C(=O)c1cccc(N2C(=O)CCC2=O)c1. The molecule has 1 fully saturated rings. The second-order valence-corrected chi connectivity index (χ2v) is 6.77. The van der Waals surface area contributed by atoms with Gasteiger partial charge in [0, 0.05) is 30.6 Å². The van der Waals surface area contributed by atoms with Crippen LogP contribution in [0.25, 0.3) is 0 Å². The molecule has 0 bridgehead atoms. The number of hydrogen-bond acceptors (Lipinski definition) is 5. The van der Waals surface area contributed by atoms with E-state index in [1.807, 2.05) is 0 Å². The number of benzene rings is 2. The quantitative estimate of drug-likeness (QED) is 0.709. The van der Waals surface area contributed by atoms with E-state index < -0.39 is 0 Å². The van der Waals surface area contributed by atoms with Crippen LogP contribution in [0, 0.1) is 0 Å². The van der Waals surface area contributed by atoms with Crippen LogP contribution in [0.15, 0.2) is 48.5 Å². The Morgan fingerprint density at radius 2 is 1.73 bits per heavy atom. The molecule has 1 aliphatic heterocycles. The predicted molar refractivity (Wildman–Crippen MR) is 111 cm³/mol. The summed E-state index contributed by atoms with van der Waals surface area (Å²) in [5.41, 5.74) is 1.27. The molecule has 2 aromatic rings. The van der Waals surface area contributed by atoms with E-state index in [4.69, 9.17) is 4.74 Å². The summed E-state index contributed by atoms with van der Waals surface area (Å²) in [5, 5.41) is 2.75. The highest BCUT2D eigenvalue weighted by atomic mass is 16.5. The summed E-state index contributed by atoms with van der Waals surface area (Å²) in [5.74, 6) is -0.584. The highest BCUT2D eigenvalue weighted by molar-refractivity contribution is 6.20. The van der Waals surface area contributed by atoms with Gasteiger partial charge >= 0.3 is 0 Å². The van der Waals surface area contributed by atoms with Crippen LogP contribution in [0.5, 0.6) is 5.75 Å². The molecule has 0 unspecified atom stereocenters. The lowest BCUT2D eigenvalue weighted by Gasteiger charge is -2.21. The summed E-state index contributed by atoms with van der Waals surface area (Å²) in [6, 6.07) is 13.2. The fourth-order valence-electron chi connectivity index (χ4n) is 3.20. The van der Waals surface area contributed by atoms with Crippen molar-refractivity contribution in [2.75, 3.05) is 30.4 Å². The largest absolute Gasteiger partial charge is 0.497 e. The summed E-state index contributed by atoms with van der Waals surface area (Å²) in [6.07, 6.45) is 0.341. The standard InChI is InChI=1S/C22H23N3O5/c1-3-24(14-19(26)23-16-7-9-18(30-2)10-8-16)22(29)15-5-4-6-17(13-15)25-20(27)11-12-21(25)28/h4-10,13H,3,11-12,14H2,1-2H3,(H,23,26). The number of rotatable bonds is 7. The summed E-state index contributed by atoms with van der Waals surface area (Å²) >= 11 is 0. The summed E-state index contributed by atoms with van der Waals surface area (Å²) in [6.45, 7) is 1.96. The Bertz CT molecular complexity index is 955. The zero-order chi connectivity index (χ0) is 21.7. The molecule has 4 amide bonds. The molecular formula is C22H23N3O5. The molecule has 1 aliphatic rings. The lowest BCUT2D eigenvalue weighted by atomic mass is 10.1. The van der Waals surface area contributed by atoms with E-state index in [2.05, 4.69) is 5.32 Å².